The van der Waals surface area contributed by atoms with Crippen LogP contribution in [0.2, 0.25) is 0 Å². The Kier molecular flexibility index (Phi) is 9.14. The van der Waals surface area contributed by atoms with E-state index in [0.29, 0.717) is 5.56 Å². The van der Waals surface area contributed by atoms with Crippen molar-refractivity contribution >= 4 is 23.2 Å². The summed E-state index contributed by atoms with van der Waals surface area (Å²) in [6, 6.07) is 11.7. The first kappa shape index (κ1) is 23.6. The van der Waals surface area contributed by atoms with Crippen molar-refractivity contribution in [3.8, 4) is 10.4 Å². The first-order chi connectivity index (χ1) is 13.0. The minimum atomic E-state index is -5.08. The predicted molar refractivity (Wildman–Crippen MR) is 103 cm³/mol. The number of alkyl halides is 3. The van der Waals surface area contributed by atoms with Gasteiger partial charge in [-0.1, -0.05) is 26.0 Å². The molecule has 1 aromatic heterocycles. The number of aliphatic carboxylic acids is 1. The molecule has 0 spiro atoms. The Morgan fingerprint density at radius 3 is 2.18 bits per heavy atom. The van der Waals surface area contributed by atoms with Gasteiger partial charge >= 0.3 is 12.1 Å². The zero-order valence-electron chi connectivity index (χ0n) is 15.5. The first-order valence-corrected chi connectivity index (χ1v) is 9.32. The molecule has 0 bridgehead atoms. The van der Waals surface area contributed by atoms with Crippen LogP contribution in [0.1, 0.15) is 35.5 Å². The zero-order chi connectivity index (χ0) is 21.3. The Bertz CT molecular complexity index is 771. The molecule has 0 radical (unpaired) electrons. The molecule has 0 aliphatic heterocycles. The molecule has 4 N–H and O–H groups in total. The molecule has 1 amide bonds. The molecule has 0 unspecified atom stereocenters. The number of carboxylic acids is 1. The van der Waals surface area contributed by atoms with E-state index in [-0.39, 0.29) is 5.91 Å². The zero-order valence-corrected chi connectivity index (χ0v) is 16.4. The Labute approximate surface area is 165 Å². The monoisotopic (exact) mass is 416 g/mol. The van der Waals surface area contributed by atoms with Crippen LogP contribution in [0.3, 0.4) is 0 Å². The molecule has 154 valence electrons. The van der Waals surface area contributed by atoms with Crippen LogP contribution in [0, 0.1) is 5.92 Å². The third-order valence-corrected chi connectivity index (χ3v) is 4.69. The van der Waals surface area contributed by atoms with E-state index in [2.05, 4.69) is 31.3 Å². The molecule has 0 saturated carbocycles. The first-order valence-electron chi connectivity index (χ1n) is 8.50. The van der Waals surface area contributed by atoms with Crippen LogP contribution in [0.25, 0.3) is 10.4 Å². The van der Waals surface area contributed by atoms with Crippen molar-refractivity contribution in [2.24, 2.45) is 11.7 Å². The van der Waals surface area contributed by atoms with Gasteiger partial charge in [0.15, 0.2) is 0 Å². The third-order valence-electron chi connectivity index (χ3n) is 3.56. The fraction of sp³-hybridized carbons (Fsp3) is 0.368. The van der Waals surface area contributed by atoms with Gasteiger partial charge in [0.1, 0.15) is 0 Å². The van der Waals surface area contributed by atoms with Crippen molar-refractivity contribution in [3.63, 3.8) is 0 Å². The number of amides is 1. The summed E-state index contributed by atoms with van der Waals surface area (Å²) in [5, 5.41) is 10.6. The average molecular weight is 416 g/mol. The van der Waals surface area contributed by atoms with Gasteiger partial charge in [0, 0.05) is 21.9 Å². The number of thiophene rings is 1. The average Bonchev–Trinajstić information content (AvgIpc) is 3.07. The number of carboxylic acid groups (broad SMARTS) is 1. The number of carbonyl (C=O) groups excluding carboxylic acids is 1. The maximum absolute atomic E-state index is 11.1. The van der Waals surface area contributed by atoms with Gasteiger partial charge in [0.25, 0.3) is 0 Å². The van der Waals surface area contributed by atoms with E-state index in [4.69, 9.17) is 15.6 Å². The van der Waals surface area contributed by atoms with Crippen LogP contribution < -0.4 is 11.1 Å². The molecule has 0 aliphatic rings. The summed E-state index contributed by atoms with van der Waals surface area (Å²) in [4.78, 5) is 22.5. The molecule has 0 atom stereocenters. The molecule has 1 heterocycles. The number of hydrogen-bond donors (Lipinski definition) is 3. The van der Waals surface area contributed by atoms with Crippen molar-refractivity contribution < 1.29 is 27.9 Å². The summed E-state index contributed by atoms with van der Waals surface area (Å²) < 4.78 is 31.7. The van der Waals surface area contributed by atoms with Crippen molar-refractivity contribution in [3.05, 3.63) is 46.8 Å². The van der Waals surface area contributed by atoms with E-state index in [1.165, 1.54) is 16.2 Å². The quantitative estimate of drug-likeness (QED) is 0.588. The SMILES string of the molecule is CC(C)CCNCc1ccc(-c2ccc(C(N)=O)cc2)s1.O=C(O)C(F)(F)F. The normalized spacial score (nSPS) is 11.1. The highest BCUT2D eigenvalue weighted by Gasteiger charge is 2.38. The lowest BCUT2D eigenvalue weighted by Crippen LogP contribution is -2.21. The lowest BCUT2D eigenvalue weighted by molar-refractivity contribution is -0.192. The van der Waals surface area contributed by atoms with E-state index in [1.807, 2.05) is 12.1 Å². The van der Waals surface area contributed by atoms with E-state index < -0.39 is 12.1 Å². The topological polar surface area (TPSA) is 92.4 Å². The fourth-order valence-corrected chi connectivity index (χ4v) is 3.01. The Morgan fingerprint density at radius 2 is 1.71 bits per heavy atom. The Morgan fingerprint density at radius 1 is 1.14 bits per heavy atom. The second-order valence-corrected chi connectivity index (χ2v) is 7.54. The second kappa shape index (κ2) is 10.8. The number of rotatable bonds is 7. The van der Waals surface area contributed by atoms with E-state index >= 15 is 0 Å². The van der Waals surface area contributed by atoms with Gasteiger partial charge in [-0.15, -0.1) is 11.3 Å². The second-order valence-electron chi connectivity index (χ2n) is 6.37. The summed E-state index contributed by atoms with van der Waals surface area (Å²) >= 11 is 1.78. The van der Waals surface area contributed by atoms with Gasteiger partial charge in [-0.3, -0.25) is 4.79 Å². The van der Waals surface area contributed by atoms with Gasteiger partial charge in [-0.25, -0.2) is 4.79 Å². The molecule has 5 nitrogen and oxygen atoms in total. The number of primary amides is 1. The predicted octanol–water partition coefficient (Wildman–Crippen LogP) is 4.28. The molecule has 0 fully saturated rings. The largest absolute Gasteiger partial charge is 0.490 e. The van der Waals surface area contributed by atoms with Gasteiger partial charge in [-0.2, -0.15) is 13.2 Å². The number of carbonyl (C=O) groups is 2. The van der Waals surface area contributed by atoms with Crippen LogP contribution in [0.15, 0.2) is 36.4 Å². The highest BCUT2D eigenvalue weighted by molar-refractivity contribution is 7.15. The lowest BCUT2D eigenvalue weighted by atomic mass is 10.1. The standard InChI is InChI=1S/C17H22N2OS.C2HF3O2/c1-12(2)9-10-19-11-15-7-8-16(21-15)13-3-5-14(6-4-13)17(18)20;3-2(4,5)1(6)7/h3-8,12,19H,9-11H2,1-2H3,(H2,18,20);(H,6,7). The summed E-state index contributed by atoms with van der Waals surface area (Å²) in [5.41, 5.74) is 6.92. The fourth-order valence-electron chi connectivity index (χ4n) is 2.03. The van der Waals surface area contributed by atoms with Crippen LogP contribution >= 0.6 is 11.3 Å². The molecule has 2 rings (SSSR count). The molecular weight excluding hydrogens is 393 g/mol. The lowest BCUT2D eigenvalue weighted by Gasteiger charge is -2.05. The number of halogens is 3. The minimum absolute atomic E-state index is 0.386. The minimum Gasteiger partial charge on any atom is -0.475 e. The van der Waals surface area contributed by atoms with Crippen LogP contribution in [-0.4, -0.2) is 29.7 Å². The van der Waals surface area contributed by atoms with E-state index in [9.17, 15) is 18.0 Å². The van der Waals surface area contributed by atoms with Crippen LogP contribution in [0.4, 0.5) is 13.2 Å². The highest BCUT2D eigenvalue weighted by atomic mass is 32.1. The maximum atomic E-state index is 11.1. The van der Waals surface area contributed by atoms with Crippen LogP contribution in [-0.2, 0) is 11.3 Å². The molecule has 0 aliphatic carbocycles. The smallest absolute Gasteiger partial charge is 0.475 e. The third kappa shape index (κ3) is 8.53. The number of hydrogen-bond acceptors (Lipinski definition) is 4. The van der Waals surface area contributed by atoms with Gasteiger partial charge in [0.2, 0.25) is 5.91 Å². The van der Waals surface area contributed by atoms with Crippen molar-refractivity contribution in [2.75, 3.05) is 6.54 Å². The molecule has 0 saturated heterocycles. The number of nitrogens with two attached hydrogens (primary N) is 1. The highest BCUT2D eigenvalue weighted by Crippen LogP contribution is 2.28. The summed E-state index contributed by atoms with van der Waals surface area (Å²) in [7, 11) is 0. The molecule has 2 aromatic rings. The number of nitrogens with one attached hydrogen (secondary N) is 1. The molecule has 28 heavy (non-hydrogen) atoms. The Hall–Kier alpha value is -2.39. The van der Waals surface area contributed by atoms with Crippen molar-refractivity contribution in [1.82, 2.24) is 5.32 Å². The summed E-state index contributed by atoms with van der Waals surface area (Å²) in [6.07, 6.45) is -3.88. The van der Waals surface area contributed by atoms with Gasteiger partial charge in [0.05, 0.1) is 0 Å². The molecular formula is C19H23F3N2O3S. The molecule has 9 heteroatoms. The molecule has 1 aromatic carbocycles. The summed E-state index contributed by atoms with van der Waals surface area (Å²) in [6.45, 7) is 6.44. The number of benzene rings is 1. The van der Waals surface area contributed by atoms with Gasteiger partial charge in [-0.05, 0) is 48.7 Å². The van der Waals surface area contributed by atoms with Crippen molar-refractivity contribution in [2.45, 2.75) is 33.0 Å². The van der Waals surface area contributed by atoms with Gasteiger partial charge < -0.3 is 16.2 Å². The van der Waals surface area contributed by atoms with E-state index in [1.54, 1.807) is 23.5 Å². The maximum Gasteiger partial charge on any atom is 0.490 e. The Balaban J connectivity index is 0.000000480. The summed E-state index contributed by atoms with van der Waals surface area (Å²) in [5.74, 6) is -2.41. The van der Waals surface area contributed by atoms with Crippen molar-refractivity contribution in [1.29, 1.82) is 0 Å². The van der Waals surface area contributed by atoms with E-state index in [0.717, 1.165) is 24.6 Å². The van der Waals surface area contributed by atoms with Crippen LogP contribution in [0.5, 0.6) is 0 Å².